The van der Waals surface area contributed by atoms with Crippen LogP contribution in [0.2, 0.25) is 0 Å². The normalized spacial score (nSPS) is 13.5. The molecule has 0 atom stereocenters. The first kappa shape index (κ1) is 13.7. The third-order valence-electron chi connectivity index (χ3n) is 5.54. The van der Waals surface area contributed by atoms with Crippen LogP contribution in [0.5, 0.6) is 0 Å². The van der Waals surface area contributed by atoms with Crippen molar-refractivity contribution in [3.05, 3.63) is 104 Å². The molecule has 0 saturated heterocycles. The van der Waals surface area contributed by atoms with Gasteiger partial charge in [-0.1, -0.05) is 72.8 Å². The van der Waals surface area contributed by atoms with E-state index >= 15 is 0 Å². The molecule has 0 aliphatic carbocycles. The summed E-state index contributed by atoms with van der Waals surface area (Å²) in [6.07, 6.45) is 0. The monoisotopic (exact) mass is 332 g/mol. The molecular formula is C24H12O2. The SMILES string of the molecule is O=c1/c(=c2\c(=O)c3cccc4cccc2c43)c2cccc3cccc1c32. The van der Waals surface area contributed by atoms with Crippen LogP contribution >= 0.6 is 0 Å². The van der Waals surface area contributed by atoms with Gasteiger partial charge < -0.3 is 0 Å². The van der Waals surface area contributed by atoms with Crippen LogP contribution in [0.3, 0.4) is 0 Å². The van der Waals surface area contributed by atoms with E-state index in [-0.39, 0.29) is 10.9 Å². The summed E-state index contributed by atoms with van der Waals surface area (Å²) >= 11 is 0. The number of benzene rings is 4. The first-order valence-electron chi connectivity index (χ1n) is 8.63. The van der Waals surface area contributed by atoms with E-state index in [1.54, 1.807) is 0 Å². The molecule has 6 aromatic carbocycles. The Morgan fingerprint density at radius 1 is 0.423 bits per heavy atom. The van der Waals surface area contributed by atoms with Gasteiger partial charge in [0, 0.05) is 32.0 Å². The minimum Gasteiger partial charge on any atom is -0.289 e. The molecule has 0 fully saturated rings. The highest BCUT2D eigenvalue weighted by Gasteiger charge is 2.16. The Bertz CT molecular complexity index is 1530. The van der Waals surface area contributed by atoms with Crippen LogP contribution in [0.1, 0.15) is 0 Å². The summed E-state index contributed by atoms with van der Waals surface area (Å²) in [5.41, 5.74) is -0.102. The largest absolute Gasteiger partial charge is 0.289 e. The van der Waals surface area contributed by atoms with Crippen molar-refractivity contribution in [3.63, 3.8) is 0 Å². The number of rotatable bonds is 0. The molecule has 0 aromatic heterocycles. The Morgan fingerprint density at radius 3 is 1.15 bits per heavy atom. The number of hydrogen-bond acceptors (Lipinski definition) is 2. The van der Waals surface area contributed by atoms with Crippen molar-refractivity contribution >= 4 is 43.1 Å². The summed E-state index contributed by atoms with van der Waals surface area (Å²) in [5, 5.41) is 8.20. The fraction of sp³-hybridized carbons (Fsp3) is 0. The van der Waals surface area contributed by atoms with E-state index in [1.165, 1.54) is 0 Å². The Morgan fingerprint density at radius 2 is 0.769 bits per heavy atom. The van der Waals surface area contributed by atoms with Gasteiger partial charge in [-0.3, -0.25) is 9.59 Å². The maximum absolute atomic E-state index is 13.3. The van der Waals surface area contributed by atoms with Crippen molar-refractivity contribution in [2.24, 2.45) is 0 Å². The standard InChI is InChI=1S/C24H12O2/c25-23-17-11-3-7-13-5-1-9-15(19(13)17)21(23)22-16-10-2-6-14-8-4-12-18(20(14)16)24(22)26/h1-12H/b22-21-. The lowest BCUT2D eigenvalue weighted by Crippen LogP contribution is -2.02. The first-order valence-corrected chi connectivity index (χ1v) is 8.63. The van der Waals surface area contributed by atoms with E-state index < -0.39 is 0 Å². The molecule has 0 spiro atoms. The summed E-state index contributed by atoms with van der Waals surface area (Å²) in [6, 6.07) is 23.4. The molecule has 0 radical (unpaired) electrons. The van der Waals surface area contributed by atoms with Crippen LogP contribution in [-0.2, 0) is 0 Å². The molecule has 6 aromatic rings. The molecule has 0 aliphatic heterocycles. The lowest BCUT2D eigenvalue weighted by Gasteiger charge is -1.97. The van der Waals surface area contributed by atoms with Crippen molar-refractivity contribution in [2.75, 3.05) is 0 Å². The predicted molar refractivity (Wildman–Crippen MR) is 107 cm³/mol. The van der Waals surface area contributed by atoms with E-state index in [2.05, 4.69) is 0 Å². The Hall–Kier alpha value is -3.52. The van der Waals surface area contributed by atoms with Gasteiger partial charge in [0.25, 0.3) is 0 Å². The van der Waals surface area contributed by atoms with Crippen LogP contribution in [-0.4, -0.2) is 0 Å². The Labute approximate surface area is 147 Å². The maximum Gasteiger partial charge on any atom is 0.195 e. The molecule has 0 bridgehead atoms. The second kappa shape index (κ2) is 4.55. The Balaban J connectivity index is 2.13. The van der Waals surface area contributed by atoms with E-state index in [0.29, 0.717) is 21.2 Å². The van der Waals surface area contributed by atoms with Gasteiger partial charge in [0.05, 0.1) is 0 Å². The average Bonchev–Trinajstić information content (AvgIpc) is 3.11. The molecule has 0 unspecified atom stereocenters. The van der Waals surface area contributed by atoms with Crippen LogP contribution in [0, 0.1) is 10.4 Å². The van der Waals surface area contributed by atoms with Crippen LogP contribution < -0.4 is 10.9 Å². The Kier molecular flexibility index (Phi) is 2.41. The van der Waals surface area contributed by atoms with Gasteiger partial charge in [0.2, 0.25) is 0 Å². The molecule has 0 N–H and O–H groups in total. The molecule has 0 heterocycles. The summed E-state index contributed by atoms with van der Waals surface area (Å²) in [6.45, 7) is 0. The smallest absolute Gasteiger partial charge is 0.195 e. The summed E-state index contributed by atoms with van der Waals surface area (Å²) in [7, 11) is 0. The predicted octanol–water partition coefficient (Wildman–Crippen LogP) is 4.62. The third-order valence-corrected chi connectivity index (χ3v) is 5.54. The minimum absolute atomic E-state index is 0.0510. The van der Waals surface area contributed by atoms with Crippen molar-refractivity contribution < 1.29 is 0 Å². The van der Waals surface area contributed by atoms with E-state index in [4.69, 9.17) is 0 Å². The minimum atomic E-state index is -0.0510. The summed E-state index contributed by atoms with van der Waals surface area (Å²) < 4.78 is 0. The van der Waals surface area contributed by atoms with Gasteiger partial charge >= 0.3 is 0 Å². The van der Waals surface area contributed by atoms with Gasteiger partial charge in [0.15, 0.2) is 10.9 Å². The van der Waals surface area contributed by atoms with Gasteiger partial charge in [-0.2, -0.15) is 0 Å². The summed E-state index contributed by atoms with van der Waals surface area (Å²) in [4.78, 5) is 26.5. The highest BCUT2D eigenvalue weighted by molar-refractivity contribution is 6.14. The molecule has 0 saturated carbocycles. The molecule has 120 valence electrons. The van der Waals surface area contributed by atoms with Crippen LogP contribution in [0.4, 0.5) is 0 Å². The zero-order valence-corrected chi connectivity index (χ0v) is 13.7. The highest BCUT2D eigenvalue weighted by Crippen LogP contribution is 2.30. The molecule has 6 rings (SSSR count). The van der Waals surface area contributed by atoms with Crippen LogP contribution in [0.25, 0.3) is 43.1 Å². The zero-order valence-electron chi connectivity index (χ0n) is 13.7. The molecular weight excluding hydrogens is 320 g/mol. The lowest BCUT2D eigenvalue weighted by molar-refractivity contribution is 1.56. The average molecular weight is 332 g/mol. The molecule has 2 nitrogen and oxygen atoms in total. The highest BCUT2D eigenvalue weighted by atomic mass is 16.1. The van der Waals surface area contributed by atoms with Gasteiger partial charge in [-0.05, 0) is 21.5 Å². The quantitative estimate of drug-likeness (QED) is 0.407. The van der Waals surface area contributed by atoms with Gasteiger partial charge in [0.1, 0.15) is 0 Å². The fourth-order valence-corrected chi connectivity index (χ4v) is 4.49. The second-order valence-electron chi connectivity index (χ2n) is 6.83. The van der Waals surface area contributed by atoms with Gasteiger partial charge in [-0.25, -0.2) is 0 Å². The van der Waals surface area contributed by atoms with Crippen LogP contribution in [0.15, 0.2) is 82.4 Å². The fourth-order valence-electron chi connectivity index (χ4n) is 4.49. The molecule has 0 aliphatic rings. The zero-order chi connectivity index (χ0) is 17.4. The van der Waals surface area contributed by atoms with Crippen molar-refractivity contribution in [1.29, 1.82) is 0 Å². The summed E-state index contributed by atoms with van der Waals surface area (Å²) in [5.74, 6) is 0. The molecule has 2 heteroatoms. The first-order chi connectivity index (χ1) is 12.8. The van der Waals surface area contributed by atoms with Crippen molar-refractivity contribution in [3.8, 4) is 0 Å². The maximum atomic E-state index is 13.3. The lowest BCUT2D eigenvalue weighted by atomic mass is 10.1. The van der Waals surface area contributed by atoms with Crippen molar-refractivity contribution in [1.82, 2.24) is 0 Å². The van der Waals surface area contributed by atoms with Gasteiger partial charge in [-0.15, -0.1) is 0 Å². The van der Waals surface area contributed by atoms with E-state index in [1.807, 2.05) is 72.8 Å². The van der Waals surface area contributed by atoms with E-state index in [0.717, 1.165) is 32.3 Å². The third kappa shape index (κ3) is 1.48. The van der Waals surface area contributed by atoms with E-state index in [9.17, 15) is 9.59 Å². The number of hydrogen-bond donors (Lipinski definition) is 0. The molecule has 0 amide bonds. The molecule has 26 heavy (non-hydrogen) atoms. The topological polar surface area (TPSA) is 34.1 Å². The second-order valence-corrected chi connectivity index (χ2v) is 6.83. The van der Waals surface area contributed by atoms with Crippen molar-refractivity contribution in [2.45, 2.75) is 0 Å².